The quantitative estimate of drug-likeness (QED) is 0.230. The van der Waals surface area contributed by atoms with Gasteiger partial charge in [0.05, 0.1) is 5.52 Å². The zero-order valence-corrected chi connectivity index (χ0v) is 19.2. The fraction of sp³-hybridized carbons (Fsp3) is 0.154. The molecular weight excluding hydrogens is 436 g/mol. The van der Waals surface area contributed by atoms with Gasteiger partial charge in [-0.1, -0.05) is 41.2 Å². The molecule has 33 heavy (non-hydrogen) atoms. The van der Waals surface area contributed by atoms with Crippen molar-refractivity contribution in [1.29, 1.82) is 0 Å². The van der Waals surface area contributed by atoms with Crippen molar-refractivity contribution < 1.29 is 19.2 Å². The van der Waals surface area contributed by atoms with E-state index in [1.165, 1.54) is 18.7 Å². The Hall–Kier alpha value is -3.71. The topological polar surface area (TPSA) is 77.7 Å². The minimum atomic E-state index is -0.584. The second kappa shape index (κ2) is 8.01. The molecule has 1 aliphatic rings. The van der Waals surface area contributed by atoms with E-state index >= 15 is 0 Å². The molecule has 0 saturated carbocycles. The number of thioether (sulfide) groups is 1. The molecular formula is C26H20N2O4S. The number of Topliss-reactive ketones (excluding diaryl/α,β-unsaturated/α-hetero) is 1. The fourth-order valence-corrected chi connectivity index (χ4v) is 5.39. The van der Waals surface area contributed by atoms with E-state index in [9.17, 15) is 14.4 Å². The number of carbonyl (C=O) groups excluding carboxylic acids is 3. The van der Waals surface area contributed by atoms with Crippen LogP contribution >= 0.6 is 11.8 Å². The van der Waals surface area contributed by atoms with Crippen LogP contribution in [0.1, 0.15) is 45.7 Å². The molecule has 0 bridgehead atoms. The maximum atomic E-state index is 13.3. The number of rotatable bonds is 4. The maximum absolute atomic E-state index is 13.3. The van der Waals surface area contributed by atoms with E-state index < -0.39 is 5.97 Å². The molecule has 7 heteroatoms. The summed E-state index contributed by atoms with van der Waals surface area (Å²) in [6.07, 6.45) is 0. The van der Waals surface area contributed by atoms with Gasteiger partial charge in [0, 0.05) is 51.3 Å². The van der Waals surface area contributed by atoms with E-state index in [0.29, 0.717) is 16.7 Å². The first-order valence-electron chi connectivity index (χ1n) is 10.6. The second-order valence-electron chi connectivity index (χ2n) is 7.87. The first-order valence-corrected chi connectivity index (χ1v) is 11.4. The zero-order chi connectivity index (χ0) is 23.3. The predicted octanol–water partition coefficient (Wildman–Crippen LogP) is 5.52. The number of oxime groups is 1. The molecule has 0 unspecified atom stereocenters. The maximum Gasteiger partial charge on any atom is 0.332 e. The molecule has 164 valence electrons. The van der Waals surface area contributed by atoms with Gasteiger partial charge in [0.1, 0.15) is 0 Å². The van der Waals surface area contributed by atoms with Crippen LogP contribution in [0.4, 0.5) is 0 Å². The van der Waals surface area contributed by atoms with Crippen LogP contribution in [0.3, 0.4) is 0 Å². The third-order valence-corrected chi connectivity index (χ3v) is 6.93. The van der Waals surface area contributed by atoms with Crippen molar-refractivity contribution in [3.05, 3.63) is 76.9 Å². The summed E-state index contributed by atoms with van der Waals surface area (Å²) in [5.74, 6) is -0.901. The number of ketones is 2. The molecule has 5 rings (SSSR count). The van der Waals surface area contributed by atoms with Crippen LogP contribution in [-0.4, -0.2) is 27.1 Å². The molecule has 3 aromatic carbocycles. The van der Waals surface area contributed by atoms with E-state index in [1.54, 1.807) is 6.07 Å². The van der Waals surface area contributed by atoms with Crippen LogP contribution in [0.25, 0.3) is 21.8 Å². The van der Waals surface area contributed by atoms with Gasteiger partial charge in [0.25, 0.3) is 0 Å². The summed E-state index contributed by atoms with van der Waals surface area (Å²) in [4.78, 5) is 42.8. The number of nitrogens with zero attached hydrogens (tertiary/aromatic N) is 2. The summed E-state index contributed by atoms with van der Waals surface area (Å²) in [7, 11) is 0. The lowest BCUT2D eigenvalue weighted by atomic mass is 9.97. The SMILES string of the molecule is CCn1c2ccc(C(=O)c3ccccc3C)cc2c2c3c(ccc21)C(=O)C(=NOC(C)=O)S3. The molecule has 4 aromatic rings. The van der Waals surface area contributed by atoms with Crippen molar-refractivity contribution in [3.63, 3.8) is 0 Å². The highest BCUT2D eigenvalue weighted by molar-refractivity contribution is 8.16. The van der Waals surface area contributed by atoms with Gasteiger partial charge < -0.3 is 9.40 Å². The molecule has 0 N–H and O–H groups in total. The second-order valence-corrected chi connectivity index (χ2v) is 8.87. The number of aromatic nitrogens is 1. The molecule has 2 heterocycles. The minimum absolute atomic E-state index is 0.0409. The van der Waals surface area contributed by atoms with E-state index in [4.69, 9.17) is 4.84 Å². The minimum Gasteiger partial charge on any atom is -0.341 e. The van der Waals surface area contributed by atoms with Crippen LogP contribution in [-0.2, 0) is 16.2 Å². The Kier molecular flexibility index (Phi) is 5.13. The lowest BCUT2D eigenvalue weighted by Gasteiger charge is -2.06. The third-order valence-electron chi connectivity index (χ3n) is 5.85. The van der Waals surface area contributed by atoms with Crippen molar-refractivity contribution in [3.8, 4) is 0 Å². The Morgan fingerprint density at radius 3 is 2.55 bits per heavy atom. The summed E-state index contributed by atoms with van der Waals surface area (Å²) in [5.41, 5.74) is 4.66. The van der Waals surface area contributed by atoms with Crippen LogP contribution < -0.4 is 0 Å². The number of fused-ring (bicyclic) bond motifs is 5. The Morgan fingerprint density at radius 1 is 1.06 bits per heavy atom. The summed E-state index contributed by atoms with van der Waals surface area (Å²) in [6.45, 7) is 5.95. The lowest BCUT2D eigenvalue weighted by molar-refractivity contribution is -0.140. The van der Waals surface area contributed by atoms with Gasteiger partial charge in [0.15, 0.2) is 10.8 Å². The smallest absolute Gasteiger partial charge is 0.332 e. The largest absolute Gasteiger partial charge is 0.341 e. The molecule has 0 aliphatic carbocycles. The van der Waals surface area contributed by atoms with E-state index in [2.05, 4.69) is 16.6 Å². The third kappa shape index (κ3) is 3.36. The van der Waals surface area contributed by atoms with Gasteiger partial charge in [-0.3, -0.25) is 9.59 Å². The normalized spacial score (nSPS) is 14.3. The van der Waals surface area contributed by atoms with Crippen molar-refractivity contribution >= 4 is 56.1 Å². The van der Waals surface area contributed by atoms with Crippen LogP contribution in [0.2, 0.25) is 0 Å². The summed E-state index contributed by atoms with van der Waals surface area (Å²) >= 11 is 1.19. The first kappa shape index (κ1) is 21.2. The highest BCUT2D eigenvalue weighted by atomic mass is 32.2. The van der Waals surface area contributed by atoms with Gasteiger partial charge in [-0.25, -0.2) is 4.79 Å². The van der Waals surface area contributed by atoms with Crippen molar-refractivity contribution in [1.82, 2.24) is 4.57 Å². The zero-order valence-electron chi connectivity index (χ0n) is 18.3. The number of aryl methyl sites for hydroxylation is 2. The molecule has 0 radical (unpaired) electrons. The van der Waals surface area contributed by atoms with Gasteiger partial charge in [-0.05, 0) is 49.7 Å². The van der Waals surface area contributed by atoms with Gasteiger partial charge >= 0.3 is 5.97 Å². The van der Waals surface area contributed by atoms with Crippen LogP contribution in [0.5, 0.6) is 0 Å². The monoisotopic (exact) mass is 456 g/mol. The molecule has 0 fully saturated rings. The number of carbonyl (C=O) groups is 3. The number of hydrogen-bond donors (Lipinski definition) is 0. The highest BCUT2D eigenvalue weighted by Crippen LogP contribution is 2.43. The number of benzene rings is 3. The van der Waals surface area contributed by atoms with E-state index in [1.807, 2.05) is 55.5 Å². The summed E-state index contributed by atoms with van der Waals surface area (Å²) in [6, 6.07) is 17.0. The van der Waals surface area contributed by atoms with Crippen molar-refractivity contribution in [2.45, 2.75) is 32.2 Å². The lowest BCUT2D eigenvalue weighted by Crippen LogP contribution is -2.05. The first-order chi connectivity index (χ1) is 15.9. The van der Waals surface area contributed by atoms with Crippen molar-refractivity contribution in [2.24, 2.45) is 5.16 Å². The van der Waals surface area contributed by atoms with E-state index in [-0.39, 0.29) is 16.6 Å². The molecule has 0 spiro atoms. The molecule has 1 aliphatic heterocycles. The Labute approximate surface area is 194 Å². The average molecular weight is 457 g/mol. The van der Waals surface area contributed by atoms with Gasteiger partial charge in [-0.15, -0.1) is 0 Å². The molecule has 1 aromatic heterocycles. The average Bonchev–Trinajstić information content (AvgIpc) is 3.31. The van der Waals surface area contributed by atoms with E-state index in [0.717, 1.165) is 38.8 Å². The Balaban J connectivity index is 1.73. The number of hydrogen-bond acceptors (Lipinski definition) is 6. The molecule has 6 nitrogen and oxygen atoms in total. The Morgan fingerprint density at radius 2 is 1.82 bits per heavy atom. The Bertz CT molecular complexity index is 1530. The standard InChI is InChI=1S/C26H20N2O4S/c1-4-28-20-11-9-16(23(30)17-8-6-5-7-14(17)2)13-19(20)22-21(28)12-10-18-24(31)26(33-25(18)22)27-32-15(3)29/h5-13H,4H2,1-3H3. The molecule has 0 atom stereocenters. The molecule has 0 amide bonds. The summed E-state index contributed by atoms with van der Waals surface area (Å²) in [5, 5.41) is 5.67. The van der Waals surface area contributed by atoms with Gasteiger partial charge in [0.2, 0.25) is 5.78 Å². The van der Waals surface area contributed by atoms with Crippen LogP contribution in [0.15, 0.2) is 64.6 Å². The highest BCUT2D eigenvalue weighted by Gasteiger charge is 2.32. The summed E-state index contributed by atoms with van der Waals surface area (Å²) < 4.78 is 2.17. The fourth-order valence-electron chi connectivity index (χ4n) is 4.33. The van der Waals surface area contributed by atoms with Crippen molar-refractivity contribution in [2.75, 3.05) is 0 Å². The van der Waals surface area contributed by atoms with Crippen LogP contribution in [0, 0.1) is 6.92 Å². The molecule has 0 saturated heterocycles. The van der Waals surface area contributed by atoms with Gasteiger partial charge in [-0.2, -0.15) is 0 Å². The predicted molar refractivity (Wildman–Crippen MR) is 129 cm³/mol.